The van der Waals surface area contributed by atoms with Crippen molar-refractivity contribution in [2.45, 2.75) is 27.7 Å². The molecule has 2 aromatic heterocycles. The average molecular weight is 341 g/mol. The lowest BCUT2D eigenvalue weighted by molar-refractivity contribution is 0.0512. The first kappa shape index (κ1) is 16.4. The van der Waals surface area contributed by atoms with Gasteiger partial charge in [0.15, 0.2) is 0 Å². The average Bonchev–Trinajstić information content (AvgIpc) is 2.84. The van der Waals surface area contributed by atoms with E-state index >= 15 is 0 Å². The second-order valence-electron chi connectivity index (χ2n) is 5.57. The maximum Gasteiger partial charge on any atom is 0.376 e. The zero-order valence-corrected chi connectivity index (χ0v) is 15.0. The molecule has 1 aromatic carbocycles. The van der Waals surface area contributed by atoms with Gasteiger partial charge in [0.2, 0.25) is 5.82 Å². The summed E-state index contributed by atoms with van der Waals surface area (Å²) in [6, 6.07) is 8.03. The van der Waals surface area contributed by atoms with Crippen LogP contribution in [0.3, 0.4) is 0 Å². The molecule has 6 heteroatoms. The van der Waals surface area contributed by atoms with Gasteiger partial charge in [0, 0.05) is 10.6 Å². The molecule has 0 aliphatic carbocycles. The number of rotatable bonds is 4. The highest BCUT2D eigenvalue weighted by Gasteiger charge is 2.19. The Morgan fingerprint density at radius 3 is 2.54 bits per heavy atom. The largest absolute Gasteiger partial charge is 0.460 e. The molecule has 0 saturated carbocycles. The highest BCUT2D eigenvalue weighted by Crippen LogP contribution is 2.34. The Morgan fingerprint density at radius 2 is 1.88 bits per heavy atom. The molecular weight excluding hydrogens is 322 g/mol. The van der Waals surface area contributed by atoms with E-state index in [9.17, 15) is 4.79 Å². The molecule has 0 spiro atoms. The van der Waals surface area contributed by atoms with Gasteiger partial charge in [0.05, 0.1) is 12.0 Å². The predicted octanol–water partition coefficient (Wildman–Crippen LogP) is 4.54. The third-order valence-electron chi connectivity index (χ3n) is 3.80. The molecule has 1 N–H and O–H groups in total. The Labute approximate surface area is 144 Å². The number of carbonyl (C=O) groups is 1. The minimum absolute atomic E-state index is 0.0835. The topological polar surface area (TPSA) is 64.1 Å². The Bertz CT molecular complexity index is 901. The minimum atomic E-state index is -0.505. The smallest absolute Gasteiger partial charge is 0.376 e. The van der Waals surface area contributed by atoms with E-state index < -0.39 is 5.97 Å². The van der Waals surface area contributed by atoms with Crippen LogP contribution in [0.5, 0.6) is 0 Å². The molecular formula is C18H19N3O2S. The maximum atomic E-state index is 12.1. The minimum Gasteiger partial charge on any atom is -0.460 e. The van der Waals surface area contributed by atoms with Gasteiger partial charge in [-0.05, 0) is 45.4 Å². The SMILES string of the molecule is CCOC(=O)c1nc(Nc2ccc(C)cc2)c2c(C)c(C)sc2n1. The van der Waals surface area contributed by atoms with Gasteiger partial charge in [-0.3, -0.25) is 0 Å². The summed E-state index contributed by atoms with van der Waals surface area (Å²) in [7, 11) is 0. The van der Waals surface area contributed by atoms with Crippen LogP contribution in [-0.4, -0.2) is 22.5 Å². The van der Waals surface area contributed by atoms with E-state index in [0.717, 1.165) is 26.3 Å². The Morgan fingerprint density at radius 1 is 1.17 bits per heavy atom. The monoisotopic (exact) mass is 341 g/mol. The first-order valence-electron chi connectivity index (χ1n) is 7.78. The second-order valence-corrected chi connectivity index (χ2v) is 6.77. The number of aromatic nitrogens is 2. The molecule has 0 atom stereocenters. The van der Waals surface area contributed by atoms with E-state index in [0.29, 0.717) is 12.4 Å². The number of ether oxygens (including phenoxy) is 1. The van der Waals surface area contributed by atoms with E-state index in [2.05, 4.69) is 15.3 Å². The van der Waals surface area contributed by atoms with Crippen LogP contribution < -0.4 is 5.32 Å². The van der Waals surface area contributed by atoms with Crippen LogP contribution in [0.25, 0.3) is 10.2 Å². The van der Waals surface area contributed by atoms with Gasteiger partial charge in [-0.2, -0.15) is 0 Å². The molecule has 0 aliphatic heterocycles. The first-order chi connectivity index (χ1) is 11.5. The first-order valence-corrected chi connectivity index (χ1v) is 8.59. The number of nitrogens with zero attached hydrogens (tertiary/aromatic N) is 2. The molecule has 24 heavy (non-hydrogen) atoms. The third kappa shape index (κ3) is 3.10. The highest BCUT2D eigenvalue weighted by molar-refractivity contribution is 7.18. The number of nitrogens with one attached hydrogen (secondary N) is 1. The summed E-state index contributed by atoms with van der Waals surface area (Å²) in [6.07, 6.45) is 0. The van der Waals surface area contributed by atoms with E-state index in [4.69, 9.17) is 4.74 Å². The normalized spacial score (nSPS) is 10.8. The van der Waals surface area contributed by atoms with Crippen LogP contribution in [0, 0.1) is 20.8 Å². The molecule has 0 unspecified atom stereocenters. The van der Waals surface area contributed by atoms with Crippen molar-refractivity contribution < 1.29 is 9.53 Å². The van der Waals surface area contributed by atoms with Crippen LogP contribution in [0.2, 0.25) is 0 Å². The number of anilines is 2. The third-order valence-corrected chi connectivity index (χ3v) is 4.90. The van der Waals surface area contributed by atoms with Gasteiger partial charge in [-0.15, -0.1) is 11.3 Å². The van der Waals surface area contributed by atoms with E-state index in [1.807, 2.05) is 45.0 Å². The lowest BCUT2D eigenvalue weighted by Crippen LogP contribution is -2.11. The van der Waals surface area contributed by atoms with E-state index in [1.165, 1.54) is 5.56 Å². The van der Waals surface area contributed by atoms with Crippen LogP contribution in [0.15, 0.2) is 24.3 Å². The second kappa shape index (κ2) is 6.57. The molecule has 3 rings (SSSR count). The van der Waals surface area contributed by atoms with Gasteiger partial charge in [0.25, 0.3) is 0 Å². The van der Waals surface area contributed by atoms with E-state index in [-0.39, 0.29) is 5.82 Å². The summed E-state index contributed by atoms with van der Waals surface area (Å²) >= 11 is 1.56. The molecule has 124 valence electrons. The number of benzene rings is 1. The maximum absolute atomic E-state index is 12.1. The fourth-order valence-corrected chi connectivity index (χ4v) is 3.43. The van der Waals surface area contributed by atoms with Crippen molar-refractivity contribution in [3.63, 3.8) is 0 Å². The Balaban J connectivity index is 2.12. The molecule has 0 amide bonds. The molecule has 2 heterocycles. The summed E-state index contributed by atoms with van der Waals surface area (Å²) in [5.74, 6) is 0.212. The van der Waals surface area contributed by atoms with Crippen LogP contribution in [-0.2, 0) is 4.74 Å². The van der Waals surface area contributed by atoms with Crippen molar-refractivity contribution >= 4 is 39.0 Å². The number of fused-ring (bicyclic) bond motifs is 1. The number of esters is 1. The molecule has 0 bridgehead atoms. The Hall–Kier alpha value is -2.47. The van der Waals surface area contributed by atoms with Gasteiger partial charge in [-0.1, -0.05) is 17.7 Å². The lowest BCUT2D eigenvalue weighted by Gasteiger charge is -2.10. The van der Waals surface area contributed by atoms with Crippen molar-refractivity contribution in [1.82, 2.24) is 9.97 Å². The molecule has 0 saturated heterocycles. The van der Waals surface area contributed by atoms with Crippen molar-refractivity contribution in [2.24, 2.45) is 0 Å². The number of hydrogen-bond acceptors (Lipinski definition) is 6. The number of thiophene rings is 1. The van der Waals surface area contributed by atoms with Gasteiger partial charge < -0.3 is 10.1 Å². The van der Waals surface area contributed by atoms with Crippen molar-refractivity contribution in [3.8, 4) is 0 Å². The molecule has 0 fully saturated rings. The number of carbonyl (C=O) groups excluding carboxylic acids is 1. The van der Waals surface area contributed by atoms with E-state index in [1.54, 1.807) is 18.3 Å². The molecule has 3 aromatic rings. The zero-order chi connectivity index (χ0) is 17.3. The van der Waals surface area contributed by atoms with Gasteiger partial charge in [-0.25, -0.2) is 14.8 Å². The molecule has 5 nitrogen and oxygen atoms in total. The Kier molecular flexibility index (Phi) is 4.49. The fourth-order valence-electron chi connectivity index (χ4n) is 2.40. The lowest BCUT2D eigenvalue weighted by atomic mass is 10.2. The summed E-state index contributed by atoms with van der Waals surface area (Å²) in [5, 5.41) is 4.26. The van der Waals surface area contributed by atoms with Gasteiger partial charge >= 0.3 is 5.97 Å². The quantitative estimate of drug-likeness (QED) is 0.706. The number of hydrogen-bond donors (Lipinski definition) is 1. The van der Waals surface area contributed by atoms with Crippen molar-refractivity contribution in [1.29, 1.82) is 0 Å². The van der Waals surface area contributed by atoms with Crippen LogP contribution >= 0.6 is 11.3 Å². The van der Waals surface area contributed by atoms with Crippen LogP contribution in [0.4, 0.5) is 11.5 Å². The van der Waals surface area contributed by atoms with Gasteiger partial charge in [0.1, 0.15) is 10.6 Å². The zero-order valence-electron chi connectivity index (χ0n) is 14.1. The van der Waals surface area contributed by atoms with Crippen molar-refractivity contribution in [2.75, 3.05) is 11.9 Å². The summed E-state index contributed by atoms with van der Waals surface area (Å²) in [6.45, 7) is 8.19. The standard InChI is InChI=1S/C18H19N3O2S/c1-5-23-18(22)16-20-15(19-13-8-6-10(2)7-9-13)14-11(3)12(4)24-17(14)21-16/h6-9H,5H2,1-4H3,(H,19,20,21). The van der Waals surface area contributed by atoms with Crippen molar-refractivity contribution in [3.05, 3.63) is 46.1 Å². The summed E-state index contributed by atoms with van der Waals surface area (Å²) < 4.78 is 5.05. The highest BCUT2D eigenvalue weighted by atomic mass is 32.1. The molecule has 0 radical (unpaired) electrons. The van der Waals surface area contributed by atoms with Crippen LogP contribution in [0.1, 0.15) is 33.5 Å². The molecule has 0 aliphatic rings. The summed E-state index contributed by atoms with van der Waals surface area (Å²) in [5.41, 5.74) is 3.22. The fraction of sp³-hybridized carbons (Fsp3) is 0.278. The summed E-state index contributed by atoms with van der Waals surface area (Å²) in [4.78, 5) is 22.8. The predicted molar refractivity (Wildman–Crippen MR) is 97.3 cm³/mol. The number of aryl methyl sites for hydroxylation is 3.